The average Bonchev–Trinajstić information content (AvgIpc) is 3.16. The molecule has 0 saturated carbocycles. The summed E-state index contributed by atoms with van der Waals surface area (Å²) >= 11 is 0. The fourth-order valence-corrected chi connectivity index (χ4v) is 4.69. The van der Waals surface area contributed by atoms with Gasteiger partial charge in [-0.25, -0.2) is 8.42 Å². The number of hydrogen-bond acceptors (Lipinski definition) is 6. The first-order chi connectivity index (χ1) is 10.8. The summed E-state index contributed by atoms with van der Waals surface area (Å²) in [5, 5.41) is 8.02. The van der Waals surface area contributed by atoms with Crippen LogP contribution in [0, 0.1) is 13.8 Å². The van der Waals surface area contributed by atoms with Crippen molar-refractivity contribution < 1.29 is 17.6 Å². The van der Waals surface area contributed by atoms with Crippen LogP contribution in [0.1, 0.15) is 23.1 Å². The number of aromatic nitrogens is 3. The Morgan fingerprint density at radius 2 is 2.09 bits per heavy atom. The summed E-state index contributed by atoms with van der Waals surface area (Å²) in [5.41, 5.74) is 0.733. The summed E-state index contributed by atoms with van der Waals surface area (Å²) in [6.07, 6.45) is 1.54. The van der Waals surface area contributed by atoms with Gasteiger partial charge in [0.15, 0.2) is 0 Å². The van der Waals surface area contributed by atoms with Crippen molar-refractivity contribution in [3.8, 4) is 0 Å². The predicted molar refractivity (Wildman–Crippen MR) is 81.5 cm³/mol. The Kier molecular flexibility index (Phi) is 4.03. The molecular weight excluding hydrogens is 320 g/mol. The summed E-state index contributed by atoms with van der Waals surface area (Å²) in [6.45, 7) is 3.98. The number of aryl methyl sites for hydroxylation is 3. The first-order valence-electron chi connectivity index (χ1n) is 7.29. The average molecular weight is 340 g/mol. The van der Waals surface area contributed by atoms with Gasteiger partial charge in [-0.15, -0.1) is 5.10 Å². The number of furan rings is 1. The van der Waals surface area contributed by atoms with Gasteiger partial charge in [-0.3, -0.25) is 4.68 Å². The van der Waals surface area contributed by atoms with E-state index in [9.17, 15) is 8.42 Å². The molecule has 0 spiro atoms. The quantitative estimate of drug-likeness (QED) is 0.819. The highest BCUT2D eigenvalue weighted by Crippen LogP contribution is 2.33. The van der Waals surface area contributed by atoms with Crippen molar-refractivity contribution in [2.24, 2.45) is 7.05 Å². The number of ether oxygens (including phenoxy) is 1. The maximum Gasteiger partial charge on any atom is 0.246 e. The van der Waals surface area contributed by atoms with E-state index in [0.717, 1.165) is 5.69 Å². The number of rotatable bonds is 4. The normalized spacial score (nSPS) is 22.8. The van der Waals surface area contributed by atoms with E-state index in [1.54, 1.807) is 44.9 Å². The van der Waals surface area contributed by atoms with Crippen LogP contribution in [-0.2, 0) is 21.8 Å². The second-order valence-electron chi connectivity index (χ2n) is 5.80. The van der Waals surface area contributed by atoms with Gasteiger partial charge in [0, 0.05) is 39.4 Å². The smallest absolute Gasteiger partial charge is 0.246 e. The van der Waals surface area contributed by atoms with E-state index in [0.29, 0.717) is 18.1 Å². The Labute approximate surface area is 135 Å². The number of nitrogens with zero attached hydrogens (tertiary/aromatic N) is 4. The Morgan fingerprint density at radius 3 is 2.61 bits per heavy atom. The van der Waals surface area contributed by atoms with Crippen molar-refractivity contribution in [3.63, 3.8) is 0 Å². The van der Waals surface area contributed by atoms with Crippen LogP contribution in [0.25, 0.3) is 0 Å². The van der Waals surface area contributed by atoms with Crippen molar-refractivity contribution in [1.29, 1.82) is 0 Å². The molecule has 1 aliphatic heterocycles. The fourth-order valence-electron chi connectivity index (χ4n) is 3.00. The lowest BCUT2D eigenvalue weighted by Gasteiger charge is -2.15. The highest BCUT2D eigenvalue weighted by atomic mass is 32.2. The van der Waals surface area contributed by atoms with E-state index in [1.165, 1.54) is 4.31 Å². The molecule has 1 aliphatic rings. The van der Waals surface area contributed by atoms with Gasteiger partial charge in [-0.05, 0) is 19.9 Å². The van der Waals surface area contributed by atoms with Gasteiger partial charge in [0.05, 0.1) is 11.8 Å². The summed E-state index contributed by atoms with van der Waals surface area (Å²) in [6, 6.07) is 1.56. The minimum absolute atomic E-state index is 0.142. The third-order valence-electron chi connectivity index (χ3n) is 4.15. The molecule has 0 unspecified atom stereocenters. The maximum absolute atomic E-state index is 12.9. The second-order valence-corrected chi connectivity index (χ2v) is 7.70. The van der Waals surface area contributed by atoms with Gasteiger partial charge in [0.25, 0.3) is 0 Å². The first-order valence-corrected chi connectivity index (χ1v) is 8.73. The second kappa shape index (κ2) is 5.73. The first kappa shape index (κ1) is 16.2. The lowest BCUT2D eigenvalue weighted by Crippen LogP contribution is -2.30. The molecule has 0 aromatic carbocycles. The van der Waals surface area contributed by atoms with Gasteiger partial charge in [0.1, 0.15) is 16.4 Å². The Bertz CT molecular complexity index is 811. The summed E-state index contributed by atoms with van der Waals surface area (Å²) in [7, 11) is -0.263. The van der Waals surface area contributed by atoms with Gasteiger partial charge in [-0.2, -0.15) is 4.31 Å². The third-order valence-corrected chi connectivity index (χ3v) is 6.09. The van der Waals surface area contributed by atoms with Crippen LogP contribution < -0.4 is 0 Å². The van der Waals surface area contributed by atoms with Crippen LogP contribution in [0.2, 0.25) is 0 Å². The van der Waals surface area contributed by atoms with Gasteiger partial charge < -0.3 is 9.15 Å². The molecule has 0 bridgehead atoms. The minimum atomic E-state index is -3.62. The lowest BCUT2D eigenvalue weighted by atomic mass is 10.0. The van der Waals surface area contributed by atoms with E-state index < -0.39 is 10.0 Å². The standard InChI is InChI=1S/C14H20N4O4S/c1-9-5-14(10(2)22-9)23(19,20)18-6-11(13(8-18)21-4)12-7-17(3)16-15-12/h5,7,11,13H,6,8H2,1-4H3/t11-,13+/m0/s1. The van der Waals surface area contributed by atoms with Crippen molar-refractivity contribution in [2.75, 3.05) is 20.2 Å². The molecule has 8 nitrogen and oxygen atoms in total. The molecule has 2 atom stereocenters. The van der Waals surface area contributed by atoms with Gasteiger partial charge in [0.2, 0.25) is 10.0 Å². The molecule has 1 fully saturated rings. The van der Waals surface area contributed by atoms with E-state index in [4.69, 9.17) is 9.15 Å². The van der Waals surface area contributed by atoms with Crippen LogP contribution in [-0.4, -0.2) is 54.0 Å². The zero-order chi connectivity index (χ0) is 16.8. The lowest BCUT2D eigenvalue weighted by molar-refractivity contribution is 0.101. The molecule has 0 radical (unpaired) electrons. The molecular formula is C14H20N4O4S. The Morgan fingerprint density at radius 1 is 1.35 bits per heavy atom. The largest absolute Gasteiger partial charge is 0.465 e. The molecule has 9 heteroatoms. The topological polar surface area (TPSA) is 90.5 Å². The highest BCUT2D eigenvalue weighted by molar-refractivity contribution is 7.89. The molecule has 23 heavy (non-hydrogen) atoms. The van der Waals surface area contributed by atoms with E-state index in [-0.39, 0.29) is 23.5 Å². The molecule has 3 rings (SSSR count). The molecule has 0 aliphatic carbocycles. The van der Waals surface area contributed by atoms with E-state index in [2.05, 4.69) is 10.3 Å². The summed E-state index contributed by atoms with van der Waals surface area (Å²) in [5.74, 6) is 0.838. The monoisotopic (exact) mass is 340 g/mol. The maximum atomic E-state index is 12.9. The van der Waals surface area contributed by atoms with Crippen molar-refractivity contribution in [1.82, 2.24) is 19.3 Å². The van der Waals surface area contributed by atoms with E-state index >= 15 is 0 Å². The van der Waals surface area contributed by atoms with Crippen LogP contribution in [0.15, 0.2) is 21.6 Å². The third kappa shape index (κ3) is 2.79. The molecule has 2 aromatic rings. The molecule has 0 amide bonds. The Hall–Kier alpha value is -1.71. The van der Waals surface area contributed by atoms with Crippen LogP contribution in [0.3, 0.4) is 0 Å². The van der Waals surface area contributed by atoms with Gasteiger partial charge in [-0.1, -0.05) is 5.21 Å². The molecule has 126 valence electrons. The minimum Gasteiger partial charge on any atom is -0.465 e. The zero-order valence-electron chi connectivity index (χ0n) is 13.6. The van der Waals surface area contributed by atoms with Crippen molar-refractivity contribution in [2.45, 2.75) is 30.8 Å². The SMILES string of the molecule is CO[C@@H]1CN(S(=O)(=O)c2cc(C)oc2C)C[C@H]1c1cn(C)nn1. The van der Waals surface area contributed by atoms with Crippen LogP contribution in [0.5, 0.6) is 0 Å². The number of methoxy groups -OCH3 is 1. The summed E-state index contributed by atoms with van der Waals surface area (Å²) < 4.78 is 39.6. The van der Waals surface area contributed by atoms with Crippen LogP contribution in [0.4, 0.5) is 0 Å². The molecule has 0 N–H and O–H groups in total. The van der Waals surface area contributed by atoms with Crippen LogP contribution >= 0.6 is 0 Å². The molecule has 1 saturated heterocycles. The highest BCUT2D eigenvalue weighted by Gasteiger charge is 2.42. The zero-order valence-corrected chi connectivity index (χ0v) is 14.4. The molecule has 2 aromatic heterocycles. The molecule has 3 heterocycles. The van der Waals surface area contributed by atoms with Crippen molar-refractivity contribution in [3.05, 3.63) is 29.5 Å². The van der Waals surface area contributed by atoms with Crippen molar-refractivity contribution >= 4 is 10.0 Å². The Balaban J connectivity index is 1.91. The summed E-state index contributed by atoms with van der Waals surface area (Å²) in [4.78, 5) is 0.213. The number of hydrogen-bond donors (Lipinski definition) is 0. The van der Waals surface area contributed by atoms with E-state index in [1.807, 2.05) is 0 Å². The van der Waals surface area contributed by atoms with Gasteiger partial charge >= 0.3 is 0 Å². The fraction of sp³-hybridized carbons (Fsp3) is 0.571. The predicted octanol–water partition coefficient (Wildman–Crippen LogP) is 0.828. The number of sulfonamides is 1.